The molecular formula is C57H46N2O2. The van der Waals surface area contributed by atoms with Gasteiger partial charge in [-0.2, -0.15) is 0 Å². The summed E-state index contributed by atoms with van der Waals surface area (Å²) in [5.74, 6) is 0. The minimum absolute atomic E-state index is 0.864. The molecule has 0 amide bonds. The number of hydrogen-bond acceptors (Lipinski definition) is 4. The molecular weight excluding hydrogens is 745 g/mol. The molecule has 0 fully saturated rings. The summed E-state index contributed by atoms with van der Waals surface area (Å²) in [5.41, 5.74) is 18.9. The molecule has 0 saturated carbocycles. The van der Waals surface area contributed by atoms with Gasteiger partial charge in [-0.25, -0.2) is 0 Å². The first kappa shape index (κ1) is 36.8. The van der Waals surface area contributed by atoms with E-state index in [1.807, 2.05) is 0 Å². The topological polar surface area (TPSA) is 32.8 Å². The molecule has 9 aromatic carbocycles. The van der Waals surface area contributed by atoms with Crippen LogP contribution in [0.1, 0.15) is 38.9 Å². The van der Waals surface area contributed by atoms with Crippen LogP contribution >= 0.6 is 0 Å². The van der Waals surface area contributed by atoms with Gasteiger partial charge in [0.15, 0.2) is 0 Å². The number of para-hydroxylation sites is 4. The Balaban J connectivity index is 1.08. The molecule has 11 rings (SSSR count). The van der Waals surface area contributed by atoms with E-state index in [1.54, 1.807) is 0 Å². The fraction of sp³-hybridized carbons (Fsp3) is 0.123. The van der Waals surface area contributed by atoms with Crippen molar-refractivity contribution in [2.75, 3.05) is 9.80 Å². The molecule has 0 N–H and O–H groups in total. The molecule has 11 aromatic rings. The van der Waals surface area contributed by atoms with Crippen molar-refractivity contribution in [3.8, 4) is 0 Å². The Morgan fingerprint density at radius 3 is 1.26 bits per heavy atom. The molecule has 4 nitrogen and oxygen atoms in total. The number of aryl methyl sites for hydroxylation is 7. The fourth-order valence-corrected chi connectivity index (χ4v) is 9.82. The molecule has 2 aromatic heterocycles. The summed E-state index contributed by atoms with van der Waals surface area (Å²) in [6.07, 6.45) is 0. The van der Waals surface area contributed by atoms with E-state index in [9.17, 15) is 0 Å². The van der Waals surface area contributed by atoms with E-state index in [4.69, 9.17) is 8.83 Å². The first-order chi connectivity index (χ1) is 29.6. The SMILES string of the molecule is Cc1ccccc1N(c1ccc2cc3c(cc2c1)oc1cc(C)c2oc4cc5cc(N(c6ccccc6C)c6c(C)cccc6C)ccc5cc4c2c13)c1c(C)cccc1C. The first-order valence-corrected chi connectivity index (χ1v) is 21.2. The summed E-state index contributed by atoms with van der Waals surface area (Å²) in [6.45, 7) is 15.3. The lowest BCUT2D eigenvalue weighted by Crippen LogP contribution is -2.14. The molecule has 0 aliphatic rings. The molecule has 0 aliphatic heterocycles. The molecule has 61 heavy (non-hydrogen) atoms. The Hall–Kier alpha value is -7.30. The smallest absolute Gasteiger partial charge is 0.139 e. The van der Waals surface area contributed by atoms with Gasteiger partial charge in [-0.15, -0.1) is 0 Å². The summed E-state index contributed by atoms with van der Waals surface area (Å²) >= 11 is 0. The van der Waals surface area contributed by atoms with E-state index in [-0.39, 0.29) is 0 Å². The zero-order valence-corrected chi connectivity index (χ0v) is 35.6. The number of benzene rings is 9. The maximum absolute atomic E-state index is 6.83. The average Bonchev–Trinajstić information content (AvgIpc) is 3.79. The quantitative estimate of drug-likeness (QED) is 0.168. The Bertz CT molecular complexity index is 3550. The standard InChI is InChI=1S/C57H46N2O2/c1-33-14-8-10-20-48(33)58(55-35(3)16-12-17-36(55)4)44-24-22-40-29-46-50(31-42(40)27-44)60-52-26-39(7)57-54(53(46)52)47-30-41-23-25-45(28-43(41)32-51(47)61-57)59(49-21-11-9-15-34(49)2)56-37(5)18-13-19-38(56)6/h8-32H,1-7H3. The van der Waals surface area contributed by atoms with Crippen molar-refractivity contribution in [3.05, 3.63) is 191 Å². The van der Waals surface area contributed by atoms with Gasteiger partial charge in [-0.1, -0.05) is 84.9 Å². The minimum atomic E-state index is 0.864. The van der Waals surface area contributed by atoms with Crippen LogP contribution in [0.3, 0.4) is 0 Å². The van der Waals surface area contributed by atoms with Crippen LogP contribution in [0.25, 0.3) is 65.4 Å². The van der Waals surface area contributed by atoms with Crippen molar-refractivity contribution in [2.45, 2.75) is 48.5 Å². The van der Waals surface area contributed by atoms with Crippen LogP contribution in [0, 0.1) is 48.5 Å². The van der Waals surface area contributed by atoms with Crippen molar-refractivity contribution in [1.82, 2.24) is 0 Å². The van der Waals surface area contributed by atoms with Gasteiger partial charge in [-0.3, -0.25) is 0 Å². The molecule has 0 radical (unpaired) electrons. The van der Waals surface area contributed by atoms with Crippen LogP contribution in [-0.4, -0.2) is 0 Å². The largest absolute Gasteiger partial charge is 0.456 e. The van der Waals surface area contributed by atoms with Crippen molar-refractivity contribution < 1.29 is 8.83 Å². The Morgan fingerprint density at radius 1 is 0.328 bits per heavy atom. The summed E-state index contributed by atoms with van der Waals surface area (Å²) in [7, 11) is 0. The number of nitrogens with zero attached hydrogens (tertiary/aromatic N) is 2. The maximum atomic E-state index is 6.83. The Morgan fingerprint density at radius 2 is 0.770 bits per heavy atom. The van der Waals surface area contributed by atoms with E-state index in [2.05, 4.69) is 210 Å². The number of anilines is 6. The van der Waals surface area contributed by atoms with Crippen LogP contribution in [0.15, 0.2) is 160 Å². The molecule has 4 heteroatoms. The number of rotatable bonds is 6. The van der Waals surface area contributed by atoms with Gasteiger partial charge >= 0.3 is 0 Å². The third-order valence-electron chi connectivity index (χ3n) is 12.8. The average molecular weight is 791 g/mol. The van der Waals surface area contributed by atoms with Gasteiger partial charge in [0.1, 0.15) is 22.3 Å². The summed E-state index contributed by atoms with van der Waals surface area (Å²) in [4.78, 5) is 4.81. The van der Waals surface area contributed by atoms with Gasteiger partial charge < -0.3 is 18.6 Å². The first-order valence-electron chi connectivity index (χ1n) is 21.2. The van der Waals surface area contributed by atoms with Gasteiger partial charge in [0.2, 0.25) is 0 Å². The van der Waals surface area contributed by atoms with Gasteiger partial charge in [0, 0.05) is 44.3 Å². The van der Waals surface area contributed by atoms with Gasteiger partial charge in [-0.05, 0) is 176 Å². The Kier molecular flexibility index (Phi) is 8.37. The predicted molar refractivity (Wildman–Crippen MR) is 259 cm³/mol. The predicted octanol–water partition coefficient (Wildman–Crippen LogP) is 16.9. The lowest BCUT2D eigenvalue weighted by Gasteiger charge is -2.30. The fourth-order valence-electron chi connectivity index (χ4n) is 9.82. The number of fused-ring (bicyclic) bond motifs is 9. The highest BCUT2D eigenvalue weighted by atomic mass is 16.3. The lowest BCUT2D eigenvalue weighted by molar-refractivity contribution is 0.660. The van der Waals surface area contributed by atoms with E-state index in [0.717, 1.165) is 82.4 Å². The monoisotopic (exact) mass is 790 g/mol. The second kappa shape index (κ2) is 13.9. The van der Waals surface area contributed by atoms with Crippen LogP contribution in [0.2, 0.25) is 0 Å². The molecule has 2 heterocycles. The molecule has 0 bridgehead atoms. The molecule has 0 atom stereocenters. The van der Waals surface area contributed by atoms with E-state index < -0.39 is 0 Å². The van der Waals surface area contributed by atoms with Crippen LogP contribution in [0.4, 0.5) is 34.1 Å². The van der Waals surface area contributed by atoms with Gasteiger partial charge in [0.25, 0.3) is 0 Å². The molecule has 0 spiro atoms. The van der Waals surface area contributed by atoms with Gasteiger partial charge in [0.05, 0.1) is 11.4 Å². The van der Waals surface area contributed by atoms with Crippen molar-refractivity contribution in [3.63, 3.8) is 0 Å². The van der Waals surface area contributed by atoms with Crippen LogP contribution in [-0.2, 0) is 0 Å². The zero-order valence-electron chi connectivity index (χ0n) is 35.6. The summed E-state index contributed by atoms with van der Waals surface area (Å²) < 4.78 is 13.6. The minimum Gasteiger partial charge on any atom is -0.456 e. The third kappa shape index (κ3) is 5.81. The second-order valence-electron chi connectivity index (χ2n) is 17.0. The highest BCUT2D eigenvalue weighted by Gasteiger charge is 2.23. The number of hydrogen-bond donors (Lipinski definition) is 0. The third-order valence-corrected chi connectivity index (χ3v) is 12.8. The second-order valence-corrected chi connectivity index (χ2v) is 17.0. The normalized spacial score (nSPS) is 11.9. The molecule has 296 valence electrons. The highest BCUT2D eigenvalue weighted by molar-refractivity contribution is 6.28. The van der Waals surface area contributed by atoms with Crippen molar-refractivity contribution in [1.29, 1.82) is 0 Å². The molecule has 0 aliphatic carbocycles. The number of furan rings is 2. The summed E-state index contributed by atoms with van der Waals surface area (Å²) in [5, 5.41) is 8.95. The van der Waals surface area contributed by atoms with E-state index in [1.165, 1.54) is 56.1 Å². The Labute approximate surface area is 355 Å². The van der Waals surface area contributed by atoms with Crippen molar-refractivity contribution in [2.24, 2.45) is 0 Å². The molecule has 0 saturated heterocycles. The zero-order chi connectivity index (χ0) is 41.7. The molecule has 0 unspecified atom stereocenters. The van der Waals surface area contributed by atoms with Crippen molar-refractivity contribution >= 4 is 99.5 Å². The van der Waals surface area contributed by atoms with E-state index in [0.29, 0.717) is 0 Å². The maximum Gasteiger partial charge on any atom is 0.139 e. The van der Waals surface area contributed by atoms with E-state index >= 15 is 0 Å². The summed E-state index contributed by atoms with van der Waals surface area (Å²) in [6, 6.07) is 55.1. The van der Waals surface area contributed by atoms with Crippen LogP contribution in [0.5, 0.6) is 0 Å². The lowest BCUT2D eigenvalue weighted by atomic mass is 9.98. The van der Waals surface area contributed by atoms with Crippen LogP contribution < -0.4 is 9.80 Å². The highest BCUT2D eigenvalue weighted by Crippen LogP contribution is 2.47.